The van der Waals surface area contributed by atoms with Gasteiger partial charge in [-0.2, -0.15) is 0 Å². The zero-order chi connectivity index (χ0) is 9.68. The number of hydrogen-bond acceptors (Lipinski definition) is 1. The highest BCUT2D eigenvalue weighted by molar-refractivity contribution is 6.30. The van der Waals surface area contributed by atoms with E-state index < -0.39 is 0 Å². The first-order valence-electron chi connectivity index (χ1n) is 4.73. The Morgan fingerprint density at radius 1 is 1.46 bits per heavy atom. The van der Waals surface area contributed by atoms with E-state index >= 15 is 0 Å². The minimum Gasteiger partial charge on any atom is -0.330 e. The SMILES string of the molecule is CCC(CCN)c1cccc(Cl)c1. The molecule has 0 spiro atoms. The standard InChI is InChI=1S/C11H16ClN/c1-2-9(6-7-13)10-4-3-5-11(12)8-10/h3-5,8-9H,2,6-7,13H2,1H3. The van der Waals surface area contributed by atoms with Crippen molar-refractivity contribution in [2.45, 2.75) is 25.7 Å². The van der Waals surface area contributed by atoms with E-state index in [1.807, 2.05) is 18.2 Å². The van der Waals surface area contributed by atoms with Gasteiger partial charge in [0, 0.05) is 5.02 Å². The lowest BCUT2D eigenvalue weighted by Crippen LogP contribution is -2.06. The molecule has 0 fully saturated rings. The molecule has 0 aliphatic carbocycles. The second kappa shape index (κ2) is 5.25. The minimum absolute atomic E-state index is 0.559. The van der Waals surface area contributed by atoms with Gasteiger partial charge >= 0.3 is 0 Å². The van der Waals surface area contributed by atoms with E-state index in [0.717, 1.165) is 24.4 Å². The topological polar surface area (TPSA) is 26.0 Å². The van der Waals surface area contributed by atoms with Gasteiger partial charge in [-0.3, -0.25) is 0 Å². The summed E-state index contributed by atoms with van der Waals surface area (Å²) < 4.78 is 0. The van der Waals surface area contributed by atoms with Crippen LogP contribution >= 0.6 is 11.6 Å². The Labute approximate surface area is 84.9 Å². The Morgan fingerprint density at radius 2 is 2.23 bits per heavy atom. The first-order chi connectivity index (χ1) is 6.27. The van der Waals surface area contributed by atoms with Crippen LogP contribution in [0.2, 0.25) is 5.02 Å². The smallest absolute Gasteiger partial charge is 0.0408 e. The molecule has 1 aromatic rings. The summed E-state index contributed by atoms with van der Waals surface area (Å²) in [6.45, 7) is 2.92. The molecule has 72 valence electrons. The van der Waals surface area contributed by atoms with Crippen molar-refractivity contribution in [1.82, 2.24) is 0 Å². The summed E-state index contributed by atoms with van der Waals surface area (Å²) in [5, 5.41) is 0.813. The van der Waals surface area contributed by atoms with Gasteiger partial charge in [0.1, 0.15) is 0 Å². The van der Waals surface area contributed by atoms with Gasteiger partial charge in [0.2, 0.25) is 0 Å². The third-order valence-electron chi connectivity index (χ3n) is 2.33. The number of benzene rings is 1. The van der Waals surface area contributed by atoms with Gasteiger partial charge in [-0.25, -0.2) is 0 Å². The molecule has 13 heavy (non-hydrogen) atoms. The van der Waals surface area contributed by atoms with Crippen molar-refractivity contribution in [2.24, 2.45) is 5.73 Å². The molecule has 0 heterocycles. The maximum Gasteiger partial charge on any atom is 0.0408 e. The summed E-state index contributed by atoms with van der Waals surface area (Å²) in [5.74, 6) is 0.559. The van der Waals surface area contributed by atoms with Crippen LogP contribution in [0.4, 0.5) is 0 Å². The molecule has 2 N–H and O–H groups in total. The average molecular weight is 198 g/mol. The molecule has 1 nitrogen and oxygen atoms in total. The molecule has 0 saturated carbocycles. The lowest BCUT2D eigenvalue weighted by molar-refractivity contribution is 0.614. The molecule has 1 unspecified atom stereocenters. The molecule has 0 radical (unpaired) electrons. The highest BCUT2D eigenvalue weighted by Gasteiger charge is 2.07. The van der Waals surface area contributed by atoms with Gasteiger partial charge in [0.25, 0.3) is 0 Å². The van der Waals surface area contributed by atoms with Crippen LogP contribution in [0.3, 0.4) is 0 Å². The zero-order valence-electron chi connectivity index (χ0n) is 7.96. The molecule has 0 aliphatic heterocycles. The van der Waals surface area contributed by atoms with Gasteiger partial charge in [-0.1, -0.05) is 30.7 Å². The van der Waals surface area contributed by atoms with Crippen molar-refractivity contribution in [2.75, 3.05) is 6.54 Å². The molecular formula is C11H16ClN. The number of hydrogen-bond donors (Lipinski definition) is 1. The number of nitrogens with two attached hydrogens (primary N) is 1. The third kappa shape index (κ3) is 3.02. The quantitative estimate of drug-likeness (QED) is 0.789. The molecule has 1 rings (SSSR count). The molecular weight excluding hydrogens is 182 g/mol. The van der Waals surface area contributed by atoms with E-state index in [0.29, 0.717) is 5.92 Å². The molecule has 0 bridgehead atoms. The molecule has 2 heteroatoms. The van der Waals surface area contributed by atoms with Crippen LogP contribution in [0.15, 0.2) is 24.3 Å². The van der Waals surface area contributed by atoms with E-state index in [1.165, 1.54) is 5.56 Å². The lowest BCUT2D eigenvalue weighted by atomic mass is 9.93. The van der Waals surface area contributed by atoms with Crippen LogP contribution in [-0.4, -0.2) is 6.54 Å². The Hall–Kier alpha value is -0.530. The minimum atomic E-state index is 0.559. The first-order valence-corrected chi connectivity index (χ1v) is 5.11. The predicted octanol–water partition coefficient (Wildman–Crippen LogP) is 3.18. The second-order valence-electron chi connectivity index (χ2n) is 3.24. The molecule has 0 amide bonds. The van der Waals surface area contributed by atoms with Crippen LogP contribution in [0.1, 0.15) is 31.2 Å². The summed E-state index contributed by atoms with van der Waals surface area (Å²) in [6, 6.07) is 8.05. The zero-order valence-corrected chi connectivity index (χ0v) is 8.72. The van der Waals surface area contributed by atoms with Crippen molar-refractivity contribution in [3.05, 3.63) is 34.9 Å². The van der Waals surface area contributed by atoms with Gasteiger partial charge < -0.3 is 5.73 Å². The molecule has 0 saturated heterocycles. The van der Waals surface area contributed by atoms with Crippen LogP contribution < -0.4 is 5.73 Å². The lowest BCUT2D eigenvalue weighted by Gasteiger charge is -2.13. The highest BCUT2D eigenvalue weighted by Crippen LogP contribution is 2.24. The Balaban J connectivity index is 2.78. The summed E-state index contributed by atoms with van der Waals surface area (Å²) in [4.78, 5) is 0. The van der Waals surface area contributed by atoms with E-state index in [2.05, 4.69) is 13.0 Å². The highest BCUT2D eigenvalue weighted by atomic mass is 35.5. The second-order valence-corrected chi connectivity index (χ2v) is 3.67. The van der Waals surface area contributed by atoms with Gasteiger partial charge in [0.05, 0.1) is 0 Å². The number of rotatable bonds is 4. The normalized spacial score (nSPS) is 12.8. The van der Waals surface area contributed by atoms with Crippen molar-refractivity contribution in [3.63, 3.8) is 0 Å². The van der Waals surface area contributed by atoms with E-state index in [1.54, 1.807) is 0 Å². The predicted molar refractivity (Wildman–Crippen MR) is 58.2 cm³/mol. The van der Waals surface area contributed by atoms with Crippen LogP contribution in [0.25, 0.3) is 0 Å². The Kier molecular flexibility index (Phi) is 4.26. The fourth-order valence-electron chi connectivity index (χ4n) is 1.57. The Morgan fingerprint density at radius 3 is 2.77 bits per heavy atom. The molecule has 1 atom stereocenters. The maximum atomic E-state index is 5.91. The first kappa shape index (κ1) is 10.6. The van der Waals surface area contributed by atoms with E-state index in [9.17, 15) is 0 Å². The maximum absolute atomic E-state index is 5.91. The molecule has 0 aliphatic rings. The molecule has 1 aromatic carbocycles. The summed E-state index contributed by atoms with van der Waals surface area (Å²) in [6.07, 6.45) is 2.16. The van der Waals surface area contributed by atoms with Gasteiger partial charge in [0.15, 0.2) is 0 Å². The number of halogens is 1. The fraction of sp³-hybridized carbons (Fsp3) is 0.455. The summed E-state index contributed by atoms with van der Waals surface area (Å²) in [7, 11) is 0. The van der Waals surface area contributed by atoms with Crippen molar-refractivity contribution >= 4 is 11.6 Å². The van der Waals surface area contributed by atoms with Crippen molar-refractivity contribution < 1.29 is 0 Å². The largest absolute Gasteiger partial charge is 0.330 e. The van der Waals surface area contributed by atoms with Crippen molar-refractivity contribution in [3.8, 4) is 0 Å². The van der Waals surface area contributed by atoms with Crippen LogP contribution in [0.5, 0.6) is 0 Å². The van der Waals surface area contributed by atoms with Gasteiger partial charge in [-0.05, 0) is 43.0 Å². The van der Waals surface area contributed by atoms with E-state index in [4.69, 9.17) is 17.3 Å². The monoisotopic (exact) mass is 197 g/mol. The van der Waals surface area contributed by atoms with Crippen LogP contribution in [-0.2, 0) is 0 Å². The average Bonchev–Trinajstić information content (AvgIpc) is 2.14. The van der Waals surface area contributed by atoms with Gasteiger partial charge in [-0.15, -0.1) is 0 Å². The molecule has 0 aromatic heterocycles. The summed E-state index contributed by atoms with van der Waals surface area (Å²) in [5.41, 5.74) is 6.85. The van der Waals surface area contributed by atoms with E-state index in [-0.39, 0.29) is 0 Å². The fourth-order valence-corrected chi connectivity index (χ4v) is 1.77. The summed E-state index contributed by atoms with van der Waals surface area (Å²) >= 11 is 5.91. The van der Waals surface area contributed by atoms with Crippen molar-refractivity contribution in [1.29, 1.82) is 0 Å². The van der Waals surface area contributed by atoms with Crippen LogP contribution in [0, 0.1) is 0 Å². The Bertz CT molecular complexity index is 260. The third-order valence-corrected chi connectivity index (χ3v) is 2.56.